The van der Waals surface area contributed by atoms with Crippen LogP contribution in [0.2, 0.25) is 0 Å². The van der Waals surface area contributed by atoms with E-state index in [1.807, 2.05) is 53.3 Å². The Kier molecular flexibility index (Phi) is 6.96. The number of nitrogens with zero attached hydrogens (tertiary/aromatic N) is 5. The predicted octanol–water partition coefficient (Wildman–Crippen LogP) is 4.62. The van der Waals surface area contributed by atoms with Crippen LogP contribution in [0.25, 0.3) is 22.0 Å². The number of carbonyl (C=O) groups excluding carboxylic acids is 1. The van der Waals surface area contributed by atoms with Crippen molar-refractivity contribution >= 4 is 22.5 Å². The van der Waals surface area contributed by atoms with Crippen LogP contribution in [0.4, 0.5) is 5.69 Å². The van der Waals surface area contributed by atoms with Crippen LogP contribution in [0.1, 0.15) is 28.5 Å². The van der Waals surface area contributed by atoms with E-state index in [1.54, 1.807) is 25.7 Å². The van der Waals surface area contributed by atoms with Crippen molar-refractivity contribution in [1.82, 2.24) is 29.9 Å². The van der Waals surface area contributed by atoms with Crippen molar-refractivity contribution < 1.29 is 9.53 Å². The summed E-state index contributed by atoms with van der Waals surface area (Å²) in [4.78, 5) is 19.5. The van der Waals surface area contributed by atoms with Crippen molar-refractivity contribution in [1.29, 1.82) is 0 Å². The molecule has 0 fully saturated rings. The van der Waals surface area contributed by atoms with Gasteiger partial charge in [0, 0.05) is 23.3 Å². The van der Waals surface area contributed by atoms with E-state index >= 15 is 0 Å². The molecular weight excluding hydrogens is 466 g/mol. The molecule has 0 aliphatic rings. The summed E-state index contributed by atoms with van der Waals surface area (Å²) in [5, 5.41) is 15.5. The summed E-state index contributed by atoms with van der Waals surface area (Å²) in [6.45, 7) is 0.911. The Bertz CT molecular complexity index is 1510. The highest BCUT2D eigenvalue weighted by atomic mass is 16.5. The quantitative estimate of drug-likeness (QED) is 0.309. The first-order chi connectivity index (χ1) is 18.0. The number of hydrogen-bond acceptors (Lipinski definition) is 6. The molecule has 5 rings (SSSR count). The molecule has 0 aliphatic heterocycles. The Morgan fingerprint density at radius 3 is 2.70 bits per heavy atom. The van der Waals surface area contributed by atoms with Crippen LogP contribution < -0.4 is 10.1 Å². The number of hydrogen-bond donors (Lipinski definition) is 2. The van der Waals surface area contributed by atoms with Crippen LogP contribution in [0.5, 0.6) is 5.75 Å². The van der Waals surface area contributed by atoms with Crippen molar-refractivity contribution in [2.75, 3.05) is 33.1 Å². The number of amides is 1. The number of aromatic amines is 1. The number of carbonyl (C=O) groups is 1. The third-order valence-electron chi connectivity index (χ3n) is 6.27. The van der Waals surface area contributed by atoms with Crippen molar-refractivity contribution in [3.63, 3.8) is 0 Å². The van der Waals surface area contributed by atoms with Crippen LogP contribution in [-0.2, 0) is 0 Å². The van der Waals surface area contributed by atoms with Gasteiger partial charge in [0.25, 0.3) is 5.91 Å². The summed E-state index contributed by atoms with van der Waals surface area (Å²) >= 11 is 0. The smallest absolute Gasteiger partial charge is 0.276 e. The molecule has 188 valence electrons. The minimum atomic E-state index is -0.300. The van der Waals surface area contributed by atoms with Gasteiger partial charge >= 0.3 is 0 Å². The van der Waals surface area contributed by atoms with Gasteiger partial charge in [0.1, 0.15) is 5.75 Å². The fourth-order valence-electron chi connectivity index (χ4n) is 4.33. The van der Waals surface area contributed by atoms with Crippen molar-refractivity contribution in [2.45, 2.75) is 12.5 Å². The number of ether oxygens (including phenoxy) is 1. The summed E-state index contributed by atoms with van der Waals surface area (Å²) in [5.74, 6) is 0.380. The van der Waals surface area contributed by atoms with E-state index in [2.05, 4.69) is 56.7 Å². The van der Waals surface area contributed by atoms with Gasteiger partial charge in [0.2, 0.25) is 0 Å². The Morgan fingerprint density at radius 1 is 1.08 bits per heavy atom. The summed E-state index contributed by atoms with van der Waals surface area (Å²) in [5.41, 5.74) is 4.73. The van der Waals surface area contributed by atoms with Gasteiger partial charge in [-0.15, -0.1) is 0 Å². The summed E-state index contributed by atoms with van der Waals surface area (Å²) < 4.78 is 7.19. The lowest BCUT2D eigenvalue weighted by atomic mass is 10.0. The number of pyridine rings is 1. The maximum Gasteiger partial charge on any atom is 0.276 e. The zero-order valence-corrected chi connectivity index (χ0v) is 21.0. The minimum Gasteiger partial charge on any atom is -0.495 e. The number of H-pyrrole nitrogens is 1. The lowest BCUT2D eigenvalue weighted by molar-refractivity contribution is 0.102. The molecule has 0 aliphatic carbocycles. The Labute approximate surface area is 215 Å². The van der Waals surface area contributed by atoms with Gasteiger partial charge in [-0.25, -0.2) is 0 Å². The molecule has 0 spiro atoms. The molecule has 1 unspecified atom stereocenters. The largest absolute Gasteiger partial charge is 0.495 e. The average Bonchev–Trinajstić information content (AvgIpc) is 3.56. The number of aromatic nitrogens is 5. The topological polar surface area (TPSA) is 101 Å². The van der Waals surface area contributed by atoms with Crippen LogP contribution in [-0.4, -0.2) is 63.5 Å². The van der Waals surface area contributed by atoms with Crippen molar-refractivity contribution in [2.24, 2.45) is 0 Å². The number of rotatable bonds is 9. The zero-order chi connectivity index (χ0) is 25.8. The first kappa shape index (κ1) is 24.2. The third kappa shape index (κ3) is 5.36. The first-order valence-electron chi connectivity index (χ1n) is 12.0. The number of benzene rings is 2. The van der Waals surface area contributed by atoms with Gasteiger partial charge in [-0.2, -0.15) is 10.2 Å². The van der Waals surface area contributed by atoms with E-state index in [1.165, 1.54) is 5.56 Å². The lowest BCUT2D eigenvalue weighted by Gasteiger charge is -2.20. The maximum atomic E-state index is 13.1. The molecule has 0 saturated carbocycles. The summed E-state index contributed by atoms with van der Waals surface area (Å²) in [6.07, 6.45) is 7.86. The fraction of sp³-hybridized carbons (Fsp3) is 0.214. The molecule has 2 aromatic carbocycles. The molecule has 37 heavy (non-hydrogen) atoms. The van der Waals surface area contributed by atoms with E-state index in [0.717, 1.165) is 35.0 Å². The average molecular weight is 496 g/mol. The molecule has 9 nitrogen and oxygen atoms in total. The summed E-state index contributed by atoms with van der Waals surface area (Å²) in [7, 11) is 5.72. The number of anilines is 1. The molecule has 0 saturated heterocycles. The number of nitrogens with one attached hydrogen (secondary N) is 2. The van der Waals surface area contributed by atoms with E-state index in [0.29, 0.717) is 17.1 Å². The van der Waals surface area contributed by atoms with Gasteiger partial charge in [-0.3, -0.25) is 19.6 Å². The lowest BCUT2D eigenvalue weighted by Crippen LogP contribution is -2.20. The van der Waals surface area contributed by atoms with E-state index < -0.39 is 0 Å². The van der Waals surface area contributed by atoms with Crippen LogP contribution in [0, 0.1) is 0 Å². The standard InChI is InChI=1S/C28H29N7O2/c1-34(2)12-11-26(19-7-5-4-6-8-19)35-18-22(16-30-35)31-28(36)27-24-10-9-20(14-25(24)32-33-27)21-13-23(37-3)17-29-15-21/h4-10,13-18,26H,11-12H2,1-3H3,(H,31,36)(H,32,33). The SMILES string of the molecule is COc1cncc(-c2ccc3c(C(=O)Nc4cnn(C(CCN(C)C)c5ccccc5)c4)n[nH]c3c2)c1. The van der Waals surface area contributed by atoms with Crippen molar-refractivity contribution in [3.8, 4) is 16.9 Å². The van der Waals surface area contributed by atoms with Crippen LogP contribution in [0.3, 0.4) is 0 Å². The van der Waals surface area contributed by atoms with Gasteiger partial charge < -0.3 is 15.0 Å². The summed E-state index contributed by atoms with van der Waals surface area (Å²) in [6, 6.07) is 18.0. The Balaban J connectivity index is 1.35. The molecule has 3 heterocycles. The van der Waals surface area contributed by atoms with E-state index in [9.17, 15) is 4.79 Å². The molecular formula is C28H29N7O2. The number of fused-ring (bicyclic) bond motifs is 1. The molecule has 0 bridgehead atoms. The normalized spacial score (nSPS) is 12.1. The molecule has 1 atom stereocenters. The fourth-order valence-corrected chi connectivity index (χ4v) is 4.33. The van der Waals surface area contributed by atoms with Crippen molar-refractivity contribution in [3.05, 3.63) is 90.6 Å². The molecule has 9 heteroatoms. The van der Waals surface area contributed by atoms with E-state index in [-0.39, 0.29) is 11.9 Å². The second-order valence-corrected chi connectivity index (χ2v) is 9.13. The zero-order valence-electron chi connectivity index (χ0n) is 21.0. The molecule has 5 aromatic rings. The highest BCUT2D eigenvalue weighted by molar-refractivity contribution is 6.11. The first-order valence-corrected chi connectivity index (χ1v) is 12.0. The Morgan fingerprint density at radius 2 is 1.92 bits per heavy atom. The third-order valence-corrected chi connectivity index (χ3v) is 6.27. The van der Waals surface area contributed by atoms with Gasteiger partial charge in [0.15, 0.2) is 5.69 Å². The molecule has 2 N–H and O–H groups in total. The number of methoxy groups -OCH3 is 1. The van der Waals surface area contributed by atoms with Gasteiger partial charge in [-0.1, -0.05) is 36.4 Å². The Hall–Kier alpha value is -4.50. The van der Waals surface area contributed by atoms with Gasteiger partial charge in [0.05, 0.1) is 36.7 Å². The highest BCUT2D eigenvalue weighted by Crippen LogP contribution is 2.28. The van der Waals surface area contributed by atoms with Gasteiger partial charge in [-0.05, 0) is 56.4 Å². The highest BCUT2D eigenvalue weighted by Gasteiger charge is 2.19. The monoisotopic (exact) mass is 495 g/mol. The second kappa shape index (κ2) is 10.6. The molecule has 3 aromatic heterocycles. The minimum absolute atomic E-state index is 0.0602. The van der Waals surface area contributed by atoms with Crippen LogP contribution >= 0.6 is 0 Å². The predicted molar refractivity (Wildman–Crippen MR) is 144 cm³/mol. The maximum absolute atomic E-state index is 13.1. The molecule has 0 radical (unpaired) electrons. The van der Waals surface area contributed by atoms with Crippen LogP contribution in [0.15, 0.2) is 79.4 Å². The van der Waals surface area contributed by atoms with E-state index in [4.69, 9.17) is 4.74 Å². The second-order valence-electron chi connectivity index (χ2n) is 9.13. The molecule has 1 amide bonds.